The maximum atomic E-state index is 13.6. The fraction of sp³-hybridized carbons (Fsp3) is 0.333. The third-order valence-electron chi connectivity index (χ3n) is 3.63. The highest BCUT2D eigenvalue weighted by Crippen LogP contribution is 2.29. The molecule has 1 atom stereocenters. The molecule has 0 bridgehead atoms. The minimum absolute atomic E-state index is 0.111. The molecule has 2 rings (SSSR count). The van der Waals surface area contributed by atoms with Gasteiger partial charge in [-0.3, -0.25) is 0 Å². The van der Waals surface area contributed by atoms with E-state index in [1.807, 2.05) is 13.8 Å². The van der Waals surface area contributed by atoms with Crippen LogP contribution in [-0.4, -0.2) is 6.54 Å². The van der Waals surface area contributed by atoms with Crippen molar-refractivity contribution in [1.29, 1.82) is 0 Å². The van der Waals surface area contributed by atoms with Crippen LogP contribution in [0.5, 0.6) is 0 Å². The van der Waals surface area contributed by atoms with Gasteiger partial charge < -0.3 is 5.32 Å². The fourth-order valence-electron chi connectivity index (χ4n) is 2.74. The Balaban J connectivity index is 2.50. The molecule has 0 spiro atoms. The quantitative estimate of drug-likeness (QED) is 0.690. The summed E-state index contributed by atoms with van der Waals surface area (Å²) in [6.07, 6.45) is 1.07. The van der Waals surface area contributed by atoms with Crippen LogP contribution < -0.4 is 5.32 Å². The molecule has 0 radical (unpaired) electrons. The molecular weight excluding hydrogens is 376 g/mol. The van der Waals surface area contributed by atoms with Crippen LogP contribution in [0.3, 0.4) is 0 Å². The van der Waals surface area contributed by atoms with E-state index in [2.05, 4.69) is 59.1 Å². The lowest BCUT2D eigenvalue weighted by atomic mass is 9.91. The molecule has 0 saturated heterocycles. The summed E-state index contributed by atoms with van der Waals surface area (Å²) < 4.78 is 14.8. The number of aryl methyl sites for hydroxylation is 2. The third-order valence-corrected chi connectivity index (χ3v) is 4.30. The Morgan fingerprint density at radius 2 is 1.81 bits per heavy atom. The predicted octanol–water partition coefficient (Wildman–Crippen LogP) is 5.14. The first-order chi connectivity index (χ1) is 10.0. The Labute approximate surface area is 140 Å². The van der Waals surface area contributed by atoms with Crippen molar-refractivity contribution in [3.63, 3.8) is 0 Å². The molecular formula is C18H21FIN. The second-order valence-electron chi connectivity index (χ2n) is 5.40. The molecule has 0 saturated carbocycles. The molecule has 0 heterocycles. The highest BCUT2D eigenvalue weighted by atomic mass is 127. The van der Waals surface area contributed by atoms with Gasteiger partial charge in [0.1, 0.15) is 5.82 Å². The maximum Gasteiger partial charge on any atom is 0.123 e. The van der Waals surface area contributed by atoms with Crippen molar-refractivity contribution in [2.45, 2.75) is 33.2 Å². The van der Waals surface area contributed by atoms with Gasteiger partial charge in [0.15, 0.2) is 0 Å². The first kappa shape index (κ1) is 16.4. The predicted molar refractivity (Wildman–Crippen MR) is 95.2 cm³/mol. The number of rotatable bonds is 5. The normalized spacial score (nSPS) is 12.4. The number of nitrogens with one attached hydrogen (secondary N) is 1. The summed E-state index contributed by atoms with van der Waals surface area (Å²) in [5.74, 6) is -0.161. The van der Waals surface area contributed by atoms with E-state index in [0.717, 1.165) is 24.1 Å². The van der Waals surface area contributed by atoms with Gasteiger partial charge in [-0.1, -0.05) is 19.1 Å². The average molecular weight is 397 g/mol. The topological polar surface area (TPSA) is 12.0 Å². The summed E-state index contributed by atoms with van der Waals surface area (Å²) in [6, 6.07) is 11.8. The standard InChI is InChI=1S/C18H21FIN/c1-4-8-21-18(14-6-5-7-16(20)11-14)17-12(2)9-15(19)10-13(17)3/h5-7,9-11,18,21H,4,8H2,1-3H3. The van der Waals surface area contributed by atoms with Crippen LogP contribution in [-0.2, 0) is 0 Å². The molecule has 0 aliphatic heterocycles. The van der Waals surface area contributed by atoms with E-state index in [-0.39, 0.29) is 11.9 Å². The van der Waals surface area contributed by atoms with Gasteiger partial charge in [0.25, 0.3) is 0 Å². The summed E-state index contributed by atoms with van der Waals surface area (Å²) in [4.78, 5) is 0. The van der Waals surface area contributed by atoms with Crippen molar-refractivity contribution < 1.29 is 4.39 Å². The van der Waals surface area contributed by atoms with Gasteiger partial charge in [0, 0.05) is 3.57 Å². The van der Waals surface area contributed by atoms with Gasteiger partial charge in [-0.25, -0.2) is 4.39 Å². The zero-order chi connectivity index (χ0) is 15.4. The van der Waals surface area contributed by atoms with Crippen LogP contribution in [0.4, 0.5) is 4.39 Å². The van der Waals surface area contributed by atoms with Crippen LogP contribution >= 0.6 is 22.6 Å². The molecule has 3 heteroatoms. The van der Waals surface area contributed by atoms with Gasteiger partial charge in [-0.05, 0) is 95.9 Å². The highest BCUT2D eigenvalue weighted by molar-refractivity contribution is 14.1. The zero-order valence-electron chi connectivity index (χ0n) is 12.7. The van der Waals surface area contributed by atoms with Gasteiger partial charge in [-0.2, -0.15) is 0 Å². The van der Waals surface area contributed by atoms with Crippen LogP contribution in [0.25, 0.3) is 0 Å². The number of halogens is 2. The molecule has 1 nitrogen and oxygen atoms in total. The Hall–Kier alpha value is -0.940. The lowest BCUT2D eigenvalue weighted by molar-refractivity contribution is 0.586. The summed E-state index contributed by atoms with van der Waals surface area (Å²) in [5, 5.41) is 3.60. The largest absolute Gasteiger partial charge is 0.306 e. The van der Waals surface area contributed by atoms with Crippen LogP contribution in [0.15, 0.2) is 36.4 Å². The lowest BCUT2D eigenvalue weighted by Gasteiger charge is -2.24. The minimum atomic E-state index is -0.161. The van der Waals surface area contributed by atoms with Crippen molar-refractivity contribution in [2.24, 2.45) is 0 Å². The monoisotopic (exact) mass is 397 g/mol. The second-order valence-corrected chi connectivity index (χ2v) is 6.64. The van der Waals surface area contributed by atoms with E-state index in [9.17, 15) is 4.39 Å². The third kappa shape index (κ3) is 4.04. The summed E-state index contributed by atoms with van der Waals surface area (Å²) in [6.45, 7) is 7.06. The molecule has 1 unspecified atom stereocenters. The Morgan fingerprint density at radius 3 is 2.38 bits per heavy atom. The van der Waals surface area contributed by atoms with Crippen LogP contribution in [0.1, 0.15) is 41.6 Å². The van der Waals surface area contributed by atoms with Crippen molar-refractivity contribution in [2.75, 3.05) is 6.54 Å². The van der Waals surface area contributed by atoms with E-state index in [1.54, 1.807) is 12.1 Å². The van der Waals surface area contributed by atoms with Crippen LogP contribution in [0.2, 0.25) is 0 Å². The number of hydrogen-bond donors (Lipinski definition) is 1. The molecule has 0 amide bonds. The fourth-order valence-corrected chi connectivity index (χ4v) is 3.31. The second kappa shape index (κ2) is 7.36. The molecule has 1 N–H and O–H groups in total. The van der Waals surface area contributed by atoms with Gasteiger partial charge in [-0.15, -0.1) is 0 Å². The summed E-state index contributed by atoms with van der Waals surface area (Å²) in [7, 11) is 0. The average Bonchev–Trinajstić information content (AvgIpc) is 2.41. The first-order valence-electron chi connectivity index (χ1n) is 7.28. The summed E-state index contributed by atoms with van der Waals surface area (Å²) >= 11 is 2.33. The molecule has 0 aliphatic carbocycles. The molecule has 21 heavy (non-hydrogen) atoms. The van der Waals surface area contributed by atoms with Crippen molar-refractivity contribution >= 4 is 22.6 Å². The van der Waals surface area contributed by atoms with E-state index in [0.29, 0.717) is 0 Å². The maximum absolute atomic E-state index is 13.6. The summed E-state index contributed by atoms with van der Waals surface area (Å²) in [5.41, 5.74) is 4.42. The Morgan fingerprint density at radius 1 is 1.14 bits per heavy atom. The molecule has 0 aromatic heterocycles. The molecule has 0 aliphatic rings. The van der Waals surface area contributed by atoms with Crippen LogP contribution in [0, 0.1) is 23.2 Å². The highest BCUT2D eigenvalue weighted by Gasteiger charge is 2.18. The number of hydrogen-bond acceptors (Lipinski definition) is 1. The van der Waals surface area contributed by atoms with E-state index >= 15 is 0 Å². The van der Waals surface area contributed by atoms with Crippen molar-refractivity contribution in [3.05, 3.63) is 68.0 Å². The Bertz CT molecular complexity index is 601. The molecule has 0 fully saturated rings. The smallest absolute Gasteiger partial charge is 0.123 e. The number of benzene rings is 2. The van der Waals surface area contributed by atoms with Crippen molar-refractivity contribution in [1.82, 2.24) is 5.32 Å². The SMILES string of the molecule is CCCNC(c1cccc(I)c1)c1c(C)cc(F)cc1C. The van der Waals surface area contributed by atoms with Gasteiger partial charge in [0.2, 0.25) is 0 Å². The van der Waals surface area contributed by atoms with Gasteiger partial charge in [0.05, 0.1) is 6.04 Å². The van der Waals surface area contributed by atoms with Gasteiger partial charge >= 0.3 is 0 Å². The van der Waals surface area contributed by atoms with Crippen molar-refractivity contribution in [3.8, 4) is 0 Å². The van der Waals surface area contributed by atoms with E-state index in [4.69, 9.17) is 0 Å². The molecule has 2 aromatic rings. The van der Waals surface area contributed by atoms with E-state index < -0.39 is 0 Å². The Kier molecular flexibility index (Phi) is 5.76. The van der Waals surface area contributed by atoms with E-state index in [1.165, 1.54) is 14.7 Å². The zero-order valence-corrected chi connectivity index (χ0v) is 14.9. The minimum Gasteiger partial charge on any atom is -0.306 e. The first-order valence-corrected chi connectivity index (χ1v) is 8.36. The molecule has 2 aromatic carbocycles. The molecule has 112 valence electrons. The lowest BCUT2D eigenvalue weighted by Crippen LogP contribution is -2.25.